The first kappa shape index (κ1) is 49.6. The van der Waals surface area contributed by atoms with Gasteiger partial charge in [-0.3, -0.25) is 43.2 Å². The number of aliphatic carboxylic acids is 1. The number of aromatic nitrogens is 1. The van der Waals surface area contributed by atoms with Gasteiger partial charge >= 0.3 is 5.97 Å². The van der Waals surface area contributed by atoms with Gasteiger partial charge in [-0.05, 0) is 102 Å². The number of aromatic amines is 1. The van der Waals surface area contributed by atoms with Crippen molar-refractivity contribution in [1.29, 1.82) is 0 Å². The van der Waals surface area contributed by atoms with Crippen molar-refractivity contribution in [3.8, 4) is 0 Å². The van der Waals surface area contributed by atoms with Gasteiger partial charge in [0.2, 0.25) is 0 Å². The Balaban J connectivity index is 1.61. The third-order valence-electron chi connectivity index (χ3n) is 10.7. The number of carbonyl (C=O) groups excluding carboxylic acids is 8. The summed E-state index contributed by atoms with van der Waals surface area (Å²) >= 11 is 0. The Hall–Kier alpha value is -7.40. The van der Waals surface area contributed by atoms with Gasteiger partial charge in [0.05, 0.1) is 41.9 Å². The number of rotatable bonds is 21. The van der Waals surface area contributed by atoms with Crippen LogP contribution in [0.4, 0.5) is 0 Å². The minimum atomic E-state index is -2.41. The molecular weight excluding hydrogens is 867 g/mol. The van der Waals surface area contributed by atoms with Crippen molar-refractivity contribution in [3.63, 3.8) is 0 Å². The van der Waals surface area contributed by atoms with Crippen LogP contribution < -0.4 is 16.0 Å². The molecular formula is C49H51N5O11S. The zero-order chi connectivity index (χ0) is 48.4. The number of para-hydroxylation sites is 1. The van der Waals surface area contributed by atoms with Crippen molar-refractivity contribution in [3.05, 3.63) is 131 Å². The monoisotopic (exact) mass is 917 g/mol. The average Bonchev–Trinajstić information content (AvgIpc) is 3.68. The first-order valence-corrected chi connectivity index (χ1v) is 22.1. The lowest BCUT2D eigenvalue weighted by Crippen LogP contribution is -2.42. The van der Waals surface area contributed by atoms with Crippen LogP contribution in [0.25, 0.3) is 10.9 Å². The van der Waals surface area contributed by atoms with Crippen LogP contribution >= 0.6 is 0 Å². The fraction of sp³-hybridized carbons (Fsp3) is 0.286. The SMILES string of the molecule is CC(=O)CN(C(=O)c1cc(C(=O)NC(Cc2c[nH]c3ccccc23)C(C)=O)cc(S(=O)c2cc(C(=O)NC(CC(=O)O)C(C)=O)cc(C(=O)NC(Cc3ccccc3)C(C)=O)c2)c1)C(C)C. The summed E-state index contributed by atoms with van der Waals surface area (Å²) in [4.78, 5) is 122. The molecule has 0 fully saturated rings. The maximum atomic E-state index is 14.8. The van der Waals surface area contributed by atoms with Gasteiger partial charge in [-0.1, -0.05) is 48.5 Å². The van der Waals surface area contributed by atoms with Crippen LogP contribution in [0.2, 0.25) is 0 Å². The van der Waals surface area contributed by atoms with Gasteiger partial charge < -0.3 is 30.9 Å². The van der Waals surface area contributed by atoms with Crippen molar-refractivity contribution in [2.75, 3.05) is 6.54 Å². The molecule has 1 aromatic heterocycles. The molecule has 0 aliphatic heterocycles. The van der Waals surface area contributed by atoms with Crippen molar-refractivity contribution in [2.45, 2.75) is 94.8 Å². The number of nitrogens with zero attached hydrogens (tertiary/aromatic N) is 1. The van der Waals surface area contributed by atoms with E-state index in [1.807, 2.05) is 24.3 Å². The van der Waals surface area contributed by atoms with E-state index in [2.05, 4.69) is 20.9 Å². The first-order valence-electron chi connectivity index (χ1n) is 21.0. The molecule has 0 saturated heterocycles. The molecule has 0 radical (unpaired) electrons. The molecule has 5 N–H and O–H groups in total. The molecule has 66 heavy (non-hydrogen) atoms. The zero-order valence-corrected chi connectivity index (χ0v) is 38.1. The third-order valence-corrected chi connectivity index (χ3v) is 12.0. The Kier molecular flexibility index (Phi) is 16.5. The standard InChI is InChI=1S/C49H51N5O11S/c1-27(2)54(26-28(3)55)49(64)36-18-35(48(63)52-43(30(5)57)23-37-25-50-41-15-11-10-14-40(37)41)21-39(22-36)66(65)38-19-33(17-34(20-38)47(62)53-44(31(6)58)24-45(59)60)46(61)51-42(29(4)56)16-32-12-8-7-9-13-32/h7-15,17-22,25,27,42-44,50H,16,23-24,26H2,1-6H3,(H,51,61)(H,52,63)(H,53,62)(H,59,60). The van der Waals surface area contributed by atoms with Gasteiger partial charge in [0.1, 0.15) is 5.78 Å². The third kappa shape index (κ3) is 12.9. The van der Waals surface area contributed by atoms with E-state index in [1.165, 1.54) is 49.9 Å². The largest absolute Gasteiger partial charge is 0.481 e. The summed E-state index contributed by atoms with van der Waals surface area (Å²) in [5.41, 5.74) is 1.42. The number of benzene rings is 4. The smallest absolute Gasteiger partial charge is 0.305 e. The summed E-state index contributed by atoms with van der Waals surface area (Å²) in [6.45, 7) is 8.10. The molecule has 4 unspecified atom stereocenters. The van der Waals surface area contributed by atoms with E-state index in [1.54, 1.807) is 50.4 Å². The lowest BCUT2D eigenvalue weighted by molar-refractivity contribution is -0.139. The summed E-state index contributed by atoms with van der Waals surface area (Å²) in [5.74, 6) is -6.47. The number of carboxylic acid groups (broad SMARTS) is 1. The van der Waals surface area contributed by atoms with Crippen LogP contribution in [0.3, 0.4) is 0 Å². The minimum absolute atomic E-state index is 0.106. The first-order chi connectivity index (χ1) is 31.2. The zero-order valence-electron chi connectivity index (χ0n) is 37.3. The van der Waals surface area contributed by atoms with Crippen LogP contribution in [0.1, 0.15) is 101 Å². The second kappa shape index (κ2) is 22.0. The van der Waals surface area contributed by atoms with Gasteiger partial charge in [0, 0.05) is 61.6 Å². The number of carbonyl (C=O) groups is 9. The van der Waals surface area contributed by atoms with Crippen molar-refractivity contribution in [1.82, 2.24) is 25.8 Å². The Morgan fingerprint density at radius 1 is 0.621 bits per heavy atom. The molecule has 16 nitrogen and oxygen atoms in total. The second-order valence-corrected chi connectivity index (χ2v) is 17.7. The summed E-state index contributed by atoms with van der Waals surface area (Å²) in [6, 6.07) is 19.5. The topological polar surface area (TPSA) is 246 Å². The number of fused-ring (bicyclic) bond motifs is 1. The minimum Gasteiger partial charge on any atom is -0.481 e. The number of ketones is 4. The van der Waals surface area contributed by atoms with E-state index >= 15 is 0 Å². The molecule has 4 amide bonds. The highest BCUT2D eigenvalue weighted by atomic mass is 32.2. The number of nitrogens with one attached hydrogen (secondary N) is 4. The average molecular weight is 918 g/mol. The Labute approximate surface area is 383 Å². The van der Waals surface area contributed by atoms with Crippen LogP contribution in [-0.4, -0.2) is 103 Å². The molecule has 0 spiro atoms. The molecule has 5 rings (SSSR count). The molecule has 0 aliphatic carbocycles. The lowest BCUT2D eigenvalue weighted by atomic mass is 10.0. The van der Waals surface area contributed by atoms with Gasteiger partial charge in [-0.2, -0.15) is 0 Å². The highest BCUT2D eigenvalue weighted by Crippen LogP contribution is 2.25. The van der Waals surface area contributed by atoms with Gasteiger partial charge in [-0.25, -0.2) is 4.21 Å². The van der Waals surface area contributed by atoms with Crippen LogP contribution in [-0.2, 0) is 47.6 Å². The molecule has 0 bridgehead atoms. The van der Waals surface area contributed by atoms with Crippen molar-refractivity contribution < 1.29 is 52.5 Å². The van der Waals surface area contributed by atoms with E-state index in [-0.39, 0.29) is 68.8 Å². The predicted octanol–water partition coefficient (Wildman–Crippen LogP) is 4.80. The second-order valence-electron chi connectivity index (χ2n) is 16.3. The van der Waals surface area contributed by atoms with Crippen LogP contribution in [0, 0.1) is 0 Å². The summed E-state index contributed by atoms with van der Waals surface area (Å²) in [6.07, 6.45) is 1.20. The molecule has 0 saturated carbocycles. The Bertz CT molecular complexity index is 2750. The van der Waals surface area contributed by atoms with E-state index < -0.39 is 76.8 Å². The molecule has 4 aromatic carbocycles. The normalized spacial score (nSPS) is 12.9. The Morgan fingerprint density at radius 2 is 1.09 bits per heavy atom. The fourth-order valence-electron chi connectivity index (χ4n) is 7.12. The predicted molar refractivity (Wildman–Crippen MR) is 245 cm³/mol. The molecule has 4 atom stereocenters. The number of carboxylic acids is 1. The van der Waals surface area contributed by atoms with E-state index in [0.29, 0.717) is 0 Å². The highest BCUT2D eigenvalue weighted by Gasteiger charge is 2.28. The van der Waals surface area contributed by atoms with Crippen molar-refractivity contribution in [2.24, 2.45) is 0 Å². The van der Waals surface area contributed by atoms with E-state index in [9.17, 15) is 52.5 Å². The summed E-state index contributed by atoms with van der Waals surface area (Å²) in [5, 5.41) is 18.0. The lowest BCUT2D eigenvalue weighted by Gasteiger charge is -2.26. The molecule has 5 aromatic rings. The molecule has 1 heterocycles. The summed E-state index contributed by atoms with van der Waals surface area (Å²) in [7, 11) is -2.41. The fourth-order valence-corrected chi connectivity index (χ4v) is 8.33. The maximum Gasteiger partial charge on any atom is 0.305 e. The number of Topliss-reactive ketones (excluding diaryl/α,β-unsaturated/α-hetero) is 4. The number of H-pyrrole nitrogens is 1. The van der Waals surface area contributed by atoms with Gasteiger partial charge in [-0.15, -0.1) is 0 Å². The maximum absolute atomic E-state index is 14.8. The van der Waals surface area contributed by atoms with Crippen molar-refractivity contribution >= 4 is 74.4 Å². The highest BCUT2D eigenvalue weighted by molar-refractivity contribution is 7.85. The number of hydrogen-bond acceptors (Lipinski definition) is 10. The van der Waals surface area contributed by atoms with E-state index in [0.717, 1.165) is 41.1 Å². The molecule has 0 aliphatic rings. The molecule has 17 heteroatoms. The van der Waals surface area contributed by atoms with Gasteiger partial charge in [0.25, 0.3) is 23.6 Å². The summed E-state index contributed by atoms with van der Waals surface area (Å²) < 4.78 is 14.8. The van der Waals surface area contributed by atoms with E-state index in [4.69, 9.17) is 0 Å². The number of amides is 4. The quantitative estimate of drug-likeness (QED) is 0.0670. The van der Waals surface area contributed by atoms with Gasteiger partial charge in [0.15, 0.2) is 17.3 Å². The molecule has 344 valence electrons. The Morgan fingerprint density at radius 3 is 1.59 bits per heavy atom. The van der Waals surface area contributed by atoms with Crippen LogP contribution in [0.5, 0.6) is 0 Å². The number of hydrogen-bond donors (Lipinski definition) is 5. The van der Waals surface area contributed by atoms with Crippen LogP contribution in [0.15, 0.2) is 107 Å².